The molecule has 1 atom stereocenters. The van der Waals surface area contributed by atoms with Gasteiger partial charge in [-0.3, -0.25) is 0 Å². The van der Waals surface area contributed by atoms with Gasteiger partial charge in [-0.05, 0) is 13.3 Å². The summed E-state index contributed by atoms with van der Waals surface area (Å²) < 4.78 is 0. The van der Waals surface area contributed by atoms with E-state index in [1.165, 1.54) is 0 Å². The first-order valence-corrected chi connectivity index (χ1v) is 2.24. The quantitative estimate of drug-likeness (QED) is 0.529. The standard InChI is InChI=1S/C4H9NO2/c1-4(5-7)2-3-6/h4,6H,2-3H2,1H3/t4-/m1/s1. The van der Waals surface area contributed by atoms with Gasteiger partial charge in [0, 0.05) is 6.61 Å². The van der Waals surface area contributed by atoms with Gasteiger partial charge in [0.1, 0.15) is 0 Å². The van der Waals surface area contributed by atoms with Crippen molar-refractivity contribution < 1.29 is 5.11 Å². The monoisotopic (exact) mass is 103 g/mol. The van der Waals surface area contributed by atoms with Gasteiger partial charge in [-0.25, -0.2) is 0 Å². The summed E-state index contributed by atoms with van der Waals surface area (Å²) in [6.07, 6.45) is 0.476. The van der Waals surface area contributed by atoms with Crippen LogP contribution in [0.2, 0.25) is 0 Å². The summed E-state index contributed by atoms with van der Waals surface area (Å²) in [4.78, 5) is 9.53. The molecule has 3 heteroatoms. The van der Waals surface area contributed by atoms with Gasteiger partial charge in [0.05, 0.1) is 6.04 Å². The minimum absolute atomic E-state index is 0.0485. The highest BCUT2D eigenvalue weighted by Crippen LogP contribution is 1.91. The zero-order chi connectivity index (χ0) is 5.70. The van der Waals surface area contributed by atoms with E-state index < -0.39 is 0 Å². The largest absolute Gasteiger partial charge is 0.396 e. The van der Waals surface area contributed by atoms with Gasteiger partial charge >= 0.3 is 0 Å². The maximum atomic E-state index is 9.53. The average molecular weight is 103 g/mol. The maximum absolute atomic E-state index is 9.53. The Morgan fingerprint density at radius 2 is 2.43 bits per heavy atom. The van der Waals surface area contributed by atoms with E-state index in [-0.39, 0.29) is 12.6 Å². The predicted octanol–water partition coefficient (Wildman–Crippen LogP) is 0.524. The van der Waals surface area contributed by atoms with Gasteiger partial charge < -0.3 is 5.11 Å². The fraction of sp³-hybridized carbons (Fsp3) is 1.00. The van der Waals surface area contributed by atoms with Crippen LogP contribution in [0.25, 0.3) is 0 Å². The van der Waals surface area contributed by atoms with Gasteiger partial charge in [-0.1, -0.05) is 5.18 Å². The fourth-order valence-electron chi connectivity index (χ4n) is 0.240. The molecular weight excluding hydrogens is 94.0 g/mol. The Hall–Kier alpha value is -0.440. The second-order valence-electron chi connectivity index (χ2n) is 1.47. The molecule has 0 bridgehead atoms. The van der Waals surface area contributed by atoms with Crippen LogP contribution in [0.4, 0.5) is 0 Å². The second-order valence-corrected chi connectivity index (χ2v) is 1.47. The number of hydrogen-bond donors (Lipinski definition) is 1. The summed E-state index contributed by atoms with van der Waals surface area (Å²) in [5.41, 5.74) is 0. The molecule has 0 amide bonds. The van der Waals surface area contributed by atoms with Crippen molar-refractivity contribution in [2.75, 3.05) is 6.61 Å². The number of aliphatic hydroxyl groups is 1. The number of aliphatic hydroxyl groups excluding tert-OH is 1. The van der Waals surface area contributed by atoms with E-state index in [0.29, 0.717) is 6.42 Å². The highest BCUT2D eigenvalue weighted by Gasteiger charge is 1.95. The smallest absolute Gasteiger partial charge is 0.0913 e. The molecule has 0 fully saturated rings. The Labute approximate surface area is 42.3 Å². The summed E-state index contributed by atoms with van der Waals surface area (Å²) >= 11 is 0. The van der Waals surface area contributed by atoms with Gasteiger partial charge in [0.25, 0.3) is 0 Å². The minimum Gasteiger partial charge on any atom is -0.396 e. The third-order valence-corrected chi connectivity index (χ3v) is 0.727. The van der Waals surface area contributed by atoms with Crippen LogP contribution in [0.3, 0.4) is 0 Å². The van der Waals surface area contributed by atoms with Crippen LogP contribution in [-0.2, 0) is 0 Å². The molecule has 7 heavy (non-hydrogen) atoms. The van der Waals surface area contributed by atoms with Crippen molar-refractivity contribution in [3.8, 4) is 0 Å². The first-order chi connectivity index (χ1) is 3.31. The van der Waals surface area contributed by atoms with Gasteiger partial charge in [-0.2, -0.15) is 4.91 Å². The molecule has 0 radical (unpaired) electrons. The Balaban J connectivity index is 2.98. The van der Waals surface area contributed by atoms with Crippen LogP contribution in [0.1, 0.15) is 13.3 Å². The van der Waals surface area contributed by atoms with E-state index in [9.17, 15) is 4.91 Å². The Kier molecular flexibility index (Phi) is 3.50. The summed E-state index contributed by atoms with van der Waals surface area (Å²) in [5, 5.41) is 10.8. The summed E-state index contributed by atoms with van der Waals surface area (Å²) in [5.74, 6) is 0. The van der Waals surface area contributed by atoms with Crippen LogP contribution in [0.5, 0.6) is 0 Å². The minimum atomic E-state index is -0.231. The van der Waals surface area contributed by atoms with Crippen LogP contribution in [-0.4, -0.2) is 17.8 Å². The lowest BCUT2D eigenvalue weighted by molar-refractivity contribution is 0.279. The number of nitroso groups, excluding NO2 is 1. The molecule has 0 aliphatic rings. The molecule has 0 aliphatic carbocycles. The molecule has 0 aromatic heterocycles. The SMILES string of the molecule is C[C@H](CCO)N=O. The highest BCUT2D eigenvalue weighted by atomic mass is 16.3. The topological polar surface area (TPSA) is 49.7 Å². The molecule has 0 saturated heterocycles. The van der Waals surface area contributed by atoms with Crippen molar-refractivity contribution in [3.63, 3.8) is 0 Å². The van der Waals surface area contributed by atoms with Crippen molar-refractivity contribution >= 4 is 0 Å². The molecule has 0 saturated carbocycles. The van der Waals surface area contributed by atoms with Crippen molar-refractivity contribution in [1.29, 1.82) is 0 Å². The molecule has 0 aliphatic heterocycles. The zero-order valence-electron chi connectivity index (χ0n) is 4.29. The molecular formula is C4H9NO2. The summed E-state index contributed by atoms with van der Waals surface area (Å²) in [6.45, 7) is 1.72. The Morgan fingerprint density at radius 3 is 2.57 bits per heavy atom. The summed E-state index contributed by atoms with van der Waals surface area (Å²) in [6, 6.07) is -0.231. The van der Waals surface area contributed by atoms with E-state index in [0.717, 1.165) is 0 Å². The molecule has 1 N–H and O–H groups in total. The Bertz CT molecular complexity index is 55.7. The second kappa shape index (κ2) is 3.74. The average Bonchev–Trinajstić information content (AvgIpc) is 1.68. The van der Waals surface area contributed by atoms with Gasteiger partial charge in [0.15, 0.2) is 0 Å². The molecule has 0 unspecified atom stereocenters. The first kappa shape index (κ1) is 6.56. The van der Waals surface area contributed by atoms with Crippen LogP contribution in [0.15, 0.2) is 5.18 Å². The number of nitrogens with zero attached hydrogens (tertiary/aromatic N) is 1. The van der Waals surface area contributed by atoms with Crippen molar-refractivity contribution in [3.05, 3.63) is 4.91 Å². The zero-order valence-corrected chi connectivity index (χ0v) is 4.29. The van der Waals surface area contributed by atoms with Crippen LogP contribution >= 0.6 is 0 Å². The third-order valence-electron chi connectivity index (χ3n) is 0.727. The van der Waals surface area contributed by atoms with Crippen LogP contribution < -0.4 is 0 Å². The van der Waals surface area contributed by atoms with E-state index in [1.807, 2.05) is 0 Å². The van der Waals surface area contributed by atoms with Crippen molar-refractivity contribution in [2.24, 2.45) is 5.18 Å². The van der Waals surface area contributed by atoms with Gasteiger partial charge in [-0.15, -0.1) is 0 Å². The van der Waals surface area contributed by atoms with Crippen LogP contribution in [0, 0.1) is 4.91 Å². The van der Waals surface area contributed by atoms with E-state index in [4.69, 9.17) is 5.11 Å². The molecule has 0 aromatic carbocycles. The molecule has 0 rings (SSSR count). The van der Waals surface area contributed by atoms with E-state index in [1.54, 1.807) is 6.92 Å². The lowest BCUT2D eigenvalue weighted by atomic mass is 10.3. The molecule has 0 spiro atoms. The third kappa shape index (κ3) is 3.39. The van der Waals surface area contributed by atoms with Crippen molar-refractivity contribution in [2.45, 2.75) is 19.4 Å². The number of rotatable bonds is 3. The lowest BCUT2D eigenvalue weighted by Crippen LogP contribution is -1.98. The molecule has 42 valence electrons. The molecule has 0 aromatic rings. The molecule has 0 heterocycles. The summed E-state index contributed by atoms with van der Waals surface area (Å²) in [7, 11) is 0. The molecule has 3 nitrogen and oxygen atoms in total. The Morgan fingerprint density at radius 1 is 1.86 bits per heavy atom. The van der Waals surface area contributed by atoms with E-state index >= 15 is 0 Å². The van der Waals surface area contributed by atoms with Gasteiger partial charge in [0.2, 0.25) is 0 Å². The number of hydrogen-bond acceptors (Lipinski definition) is 3. The lowest BCUT2D eigenvalue weighted by Gasteiger charge is -1.93. The van der Waals surface area contributed by atoms with E-state index in [2.05, 4.69) is 5.18 Å². The fourth-order valence-corrected chi connectivity index (χ4v) is 0.240. The first-order valence-electron chi connectivity index (χ1n) is 2.24. The predicted molar refractivity (Wildman–Crippen MR) is 27.0 cm³/mol. The maximum Gasteiger partial charge on any atom is 0.0913 e. The normalized spacial score (nSPS) is 13.4. The van der Waals surface area contributed by atoms with Crippen molar-refractivity contribution in [1.82, 2.24) is 0 Å². The highest BCUT2D eigenvalue weighted by molar-refractivity contribution is 4.54.